The molecule has 0 saturated carbocycles. The maximum absolute atomic E-state index is 3.51. The monoisotopic (exact) mass is 370 g/mol. The Morgan fingerprint density at radius 3 is 2.04 bits per heavy atom. The Hall–Kier alpha value is -1.16. The van der Waals surface area contributed by atoms with Crippen molar-refractivity contribution in [3.63, 3.8) is 0 Å². The summed E-state index contributed by atoms with van der Waals surface area (Å²) < 4.78 is 0. The molecule has 6 rings (SSSR count). The van der Waals surface area contributed by atoms with Crippen molar-refractivity contribution in [1.82, 2.24) is 10.2 Å². The molecule has 0 atom stereocenters. The van der Waals surface area contributed by atoms with E-state index >= 15 is 0 Å². The number of nitrogens with zero attached hydrogens (tertiary/aromatic N) is 1. The molecule has 3 heteroatoms. The van der Waals surface area contributed by atoms with Gasteiger partial charge in [0, 0.05) is 32.1 Å². The predicted octanol–water partition coefficient (Wildman–Crippen LogP) is 3.65. The predicted molar refractivity (Wildman–Crippen MR) is 99.5 cm³/mol. The van der Waals surface area contributed by atoms with Crippen LogP contribution in [0.25, 0.3) is 0 Å². The molecular weight excluding hydrogens is 348 g/mol. The zero-order valence-electron chi connectivity index (χ0n) is 13.3. The van der Waals surface area contributed by atoms with Crippen molar-refractivity contribution >= 4 is 17.0 Å². The molecule has 1 saturated heterocycles. The molecule has 1 heterocycles. The van der Waals surface area contributed by atoms with Crippen LogP contribution in [-0.4, -0.2) is 31.1 Å². The van der Waals surface area contributed by atoms with Gasteiger partial charge in [0.25, 0.3) is 0 Å². The van der Waals surface area contributed by atoms with Gasteiger partial charge >= 0.3 is 0 Å². The Morgan fingerprint density at radius 2 is 1.43 bits per heavy atom. The van der Waals surface area contributed by atoms with E-state index in [0.717, 1.165) is 26.2 Å². The van der Waals surface area contributed by atoms with Gasteiger partial charge in [-0.15, -0.1) is 17.0 Å². The number of rotatable bonds is 1. The summed E-state index contributed by atoms with van der Waals surface area (Å²) in [4.78, 5) is 2.75. The first-order valence-electron chi connectivity index (χ1n) is 8.56. The fraction of sp³-hybridized carbons (Fsp3) is 0.400. The molecule has 1 aliphatic heterocycles. The third-order valence-electron chi connectivity index (χ3n) is 6.02. The molecule has 1 N–H and O–H groups in total. The Balaban J connectivity index is 0.00000135. The molecule has 0 spiro atoms. The van der Waals surface area contributed by atoms with Crippen molar-refractivity contribution in [2.45, 2.75) is 24.3 Å². The van der Waals surface area contributed by atoms with E-state index < -0.39 is 0 Å². The van der Waals surface area contributed by atoms with Crippen LogP contribution in [0.1, 0.15) is 41.0 Å². The van der Waals surface area contributed by atoms with Crippen LogP contribution in [0.5, 0.6) is 0 Å². The Morgan fingerprint density at radius 1 is 0.870 bits per heavy atom. The van der Waals surface area contributed by atoms with Crippen molar-refractivity contribution in [2.75, 3.05) is 26.2 Å². The lowest BCUT2D eigenvalue weighted by Crippen LogP contribution is -2.58. The second-order valence-electron chi connectivity index (χ2n) is 6.86. The van der Waals surface area contributed by atoms with Crippen LogP contribution in [0.4, 0.5) is 0 Å². The van der Waals surface area contributed by atoms with Crippen LogP contribution >= 0.6 is 17.0 Å². The van der Waals surface area contributed by atoms with Crippen molar-refractivity contribution in [2.24, 2.45) is 0 Å². The number of halogens is 1. The van der Waals surface area contributed by atoms with Gasteiger partial charge in [0.2, 0.25) is 0 Å². The Kier molecular flexibility index (Phi) is 3.83. The fourth-order valence-corrected chi connectivity index (χ4v) is 5.15. The van der Waals surface area contributed by atoms with E-state index in [1.807, 2.05) is 0 Å². The van der Waals surface area contributed by atoms with Crippen molar-refractivity contribution < 1.29 is 0 Å². The SMILES string of the molecule is Br.c1ccc2c(c1)C1CCC2(N2CCNCC2)c2ccccc21. The average Bonchev–Trinajstić information content (AvgIpc) is 2.63. The molecule has 4 aliphatic rings. The summed E-state index contributed by atoms with van der Waals surface area (Å²) in [6.07, 6.45) is 2.56. The van der Waals surface area contributed by atoms with Gasteiger partial charge in [0.05, 0.1) is 5.54 Å². The Bertz CT molecular complexity index is 674. The topological polar surface area (TPSA) is 15.3 Å². The Labute approximate surface area is 148 Å². The third-order valence-corrected chi connectivity index (χ3v) is 6.02. The highest BCUT2D eigenvalue weighted by Gasteiger charge is 2.51. The zero-order valence-corrected chi connectivity index (χ0v) is 15.0. The van der Waals surface area contributed by atoms with Gasteiger partial charge in [0.1, 0.15) is 0 Å². The molecule has 2 bridgehead atoms. The summed E-state index contributed by atoms with van der Waals surface area (Å²) >= 11 is 0. The van der Waals surface area contributed by atoms with Crippen molar-refractivity contribution in [3.05, 3.63) is 70.8 Å². The van der Waals surface area contributed by atoms with E-state index in [4.69, 9.17) is 0 Å². The summed E-state index contributed by atoms with van der Waals surface area (Å²) in [5, 5.41) is 3.51. The molecule has 2 aromatic rings. The molecule has 0 radical (unpaired) electrons. The molecule has 2 nitrogen and oxygen atoms in total. The lowest BCUT2D eigenvalue weighted by Gasteiger charge is -2.55. The second-order valence-corrected chi connectivity index (χ2v) is 6.86. The first-order valence-corrected chi connectivity index (χ1v) is 8.56. The van der Waals surface area contributed by atoms with E-state index in [0.29, 0.717) is 5.92 Å². The highest BCUT2D eigenvalue weighted by molar-refractivity contribution is 8.93. The standard InChI is InChI=1S/C20H22N2.BrH/c1-3-7-18-16(5-1)15-9-10-20(18,22-13-11-21-12-14-22)19-8-4-2-6-17(15)19;/h1-8,15,21H,9-14H2;1H. The maximum atomic E-state index is 3.51. The fourth-order valence-electron chi connectivity index (χ4n) is 5.15. The summed E-state index contributed by atoms with van der Waals surface area (Å²) in [5.41, 5.74) is 6.42. The molecule has 1 fully saturated rings. The smallest absolute Gasteiger partial charge is 0.0722 e. The van der Waals surface area contributed by atoms with Gasteiger partial charge in [-0.05, 0) is 35.1 Å². The van der Waals surface area contributed by atoms with E-state index in [2.05, 4.69) is 58.7 Å². The van der Waals surface area contributed by atoms with Gasteiger partial charge in [-0.3, -0.25) is 4.90 Å². The van der Waals surface area contributed by atoms with Crippen LogP contribution in [-0.2, 0) is 5.54 Å². The molecule has 120 valence electrons. The number of piperazine rings is 1. The molecule has 3 aliphatic carbocycles. The minimum absolute atomic E-state index is 0. The quantitative estimate of drug-likeness (QED) is 0.823. The van der Waals surface area contributed by atoms with Gasteiger partial charge in [-0.25, -0.2) is 0 Å². The number of hydrogen-bond donors (Lipinski definition) is 1. The van der Waals surface area contributed by atoms with E-state index in [1.54, 1.807) is 22.3 Å². The average molecular weight is 371 g/mol. The first-order chi connectivity index (χ1) is 10.9. The normalized spacial score (nSPS) is 28.6. The first kappa shape index (κ1) is 15.4. The van der Waals surface area contributed by atoms with Crippen LogP contribution in [0, 0.1) is 0 Å². The maximum Gasteiger partial charge on any atom is 0.0722 e. The molecular formula is C20H23BrN2. The lowest BCUT2D eigenvalue weighted by atomic mass is 9.59. The van der Waals surface area contributed by atoms with Crippen molar-refractivity contribution in [1.29, 1.82) is 0 Å². The van der Waals surface area contributed by atoms with E-state index in [1.165, 1.54) is 12.8 Å². The largest absolute Gasteiger partial charge is 0.314 e. The van der Waals surface area contributed by atoms with Crippen LogP contribution < -0.4 is 5.32 Å². The molecule has 2 aromatic carbocycles. The number of fused-ring (bicyclic) bond motifs is 1. The molecule has 23 heavy (non-hydrogen) atoms. The summed E-state index contributed by atoms with van der Waals surface area (Å²) in [6.45, 7) is 4.51. The van der Waals surface area contributed by atoms with Crippen LogP contribution in [0.2, 0.25) is 0 Å². The summed E-state index contributed by atoms with van der Waals surface area (Å²) in [6, 6.07) is 18.4. The third kappa shape index (κ3) is 2.00. The van der Waals surface area contributed by atoms with E-state index in [-0.39, 0.29) is 22.5 Å². The number of nitrogens with one attached hydrogen (secondary N) is 1. The minimum atomic E-state index is 0. The second kappa shape index (κ2) is 5.73. The highest BCUT2D eigenvalue weighted by Crippen LogP contribution is 2.57. The van der Waals surface area contributed by atoms with E-state index in [9.17, 15) is 0 Å². The van der Waals surface area contributed by atoms with Gasteiger partial charge < -0.3 is 5.32 Å². The molecule has 0 unspecified atom stereocenters. The van der Waals surface area contributed by atoms with Gasteiger partial charge in [0.15, 0.2) is 0 Å². The van der Waals surface area contributed by atoms with Crippen LogP contribution in [0.3, 0.4) is 0 Å². The molecule has 0 aromatic heterocycles. The molecule has 0 amide bonds. The minimum Gasteiger partial charge on any atom is -0.314 e. The lowest BCUT2D eigenvalue weighted by molar-refractivity contribution is 0.0769. The van der Waals surface area contributed by atoms with Crippen LogP contribution in [0.15, 0.2) is 48.5 Å². The summed E-state index contributed by atoms with van der Waals surface area (Å²) in [7, 11) is 0. The van der Waals surface area contributed by atoms with Crippen molar-refractivity contribution in [3.8, 4) is 0 Å². The number of benzene rings is 2. The summed E-state index contributed by atoms with van der Waals surface area (Å²) in [5.74, 6) is 0.609. The zero-order chi connectivity index (χ0) is 14.6. The van der Waals surface area contributed by atoms with Gasteiger partial charge in [-0.1, -0.05) is 48.5 Å². The highest BCUT2D eigenvalue weighted by atomic mass is 79.9. The van der Waals surface area contributed by atoms with Gasteiger partial charge in [-0.2, -0.15) is 0 Å². The number of hydrogen-bond acceptors (Lipinski definition) is 2.